The fraction of sp³-hybridized carbons (Fsp3) is 0.318. The Hall–Kier alpha value is -2.69. The summed E-state index contributed by atoms with van der Waals surface area (Å²) in [5.74, 6) is 0.0644. The first-order chi connectivity index (χ1) is 15.5. The van der Waals surface area contributed by atoms with Gasteiger partial charge in [-0.1, -0.05) is 17.9 Å². The van der Waals surface area contributed by atoms with Gasteiger partial charge >= 0.3 is 0 Å². The number of carbonyl (C=O) groups is 1. The standard InChI is InChI=1S/C22H20F3IN4O3/c1-21(22(24,25)11-33-10-16(27)30-21)17-15(23)6-5-13(18(17)26)14-8-12(4-3-7-32-2)9-29-19(14)20(28)31/h5-6,8-9H,7,10-11H2,1-2H3,(H2,27,30)(H2,28,31). The summed E-state index contributed by atoms with van der Waals surface area (Å²) < 4.78 is 55.3. The minimum absolute atomic E-state index is 0.0968. The topological polar surface area (TPSA) is 113 Å². The fourth-order valence-corrected chi connectivity index (χ4v) is 4.67. The third kappa shape index (κ3) is 4.83. The number of nitrogens with zero attached hydrogens (tertiary/aromatic N) is 2. The van der Waals surface area contributed by atoms with Gasteiger partial charge in [-0.15, -0.1) is 0 Å². The Labute approximate surface area is 201 Å². The molecule has 0 fully saturated rings. The summed E-state index contributed by atoms with van der Waals surface area (Å²) in [7, 11) is 1.49. The number of halogens is 4. The minimum atomic E-state index is -3.58. The van der Waals surface area contributed by atoms with E-state index in [-0.39, 0.29) is 45.0 Å². The van der Waals surface area contributed by atoms with Crippen molar-refractivity contribution in [3.05, 3.63) is 50.6 Å². The van der Waals surface area contributed by atoms with Gasteiger partial charge in [0.2, 0.25) is 0 Å². The van der Waals surface area contributed by atoms with Crippen LogP contribution in [0, 0.1) is 21.2 Å². The Morgan fingerprint density at radius 1 is 1.36 bits per heavy atom. The van der Waals surface area contributed by atoms with Crippen LogP contribution >= 0.6 is 22.6 Å². The lowest BCUT2D eigenvalue weighted by Gasteiger charge is -2.34. The highest BCUT2D eigenvalue weighted by molar-refractivity contribution is 14.1. The number of aromatic nitrogens is 1. The van der Waals surface area contributed by atoms with E-state index in [2.05, 4.69) is 21.8 Å². The number of hydrogen-bond acceptors (Lipinski definition) is 6. The van der Waals surface area contributed by atoms with Crippen molar-refractivity contribution in [1.82, 2.24) is 4.98 Å². The number of benzene rings is 1. The highest BCUT2D eigenvalue weighted by Gasteiger charge is 2.55. The van der Waals surface area contributed by atoms with Gasteiger partial charge in [-0.3, -0.25) is 9.79 Å². The fourth-order valence-electron chi connectivity index (χ4n) is 3.42. The summed E-state index contributed by atoms with van der Waals surface area (Å²) in [5.41, 5.74) is 9.25. The summed E-state index contributed by atoms with van der Waals surface area (Å²) in [6, 6.07) is 3.92. The maximum atomic E-state index is 15.1. The number of alkyl halides is 2. The number of methoxy groups -OCH3 is 1. The van der Waals surface area contributed by atoms with Gasteiger partial charge in [0.15, 0.2) is 5.54 Å². The van der Waals surface area contributed by atoms with E-state index in [1.807, 2.05) is 0 Å². The van der Waals surface area contributed by atoms with E-state index < -0.39 is 29.8 Å². The summed E-state index contributed by atoms with van der Waals surface area (Å²) in [4.78, 5) is 20.1. The molecule has 1 aromatic carbocycles. The molecule has 3 rings (SSSR count). The van der Waals surface area contributed by atoms with Crippen LogP contribution in [0.3, 0.4) is 0 Å². The number of amidine groups is 1. The van der Waals surface area contributed by atoms with Crippen molar-refractivity contribution < 1.29 is 27.4 Å². The second-order valence-electron chi connectivity index (χ2n) is 7.38. The molecule has 1 amide bonds. The summed E-state index contributed by atoms with van der Waals surface area (Å²) in [6.45, 7) is -0.0357. The van der Waals surface area contributed by atoms with Crippen molar-refractivity contribution in [3.63, 3.8) is 0 Å². The molecular formula is C22H20F3IN4O3. The first-order valence-electron chi connectivity index (χ1n) is 9.58. The summed E-state index contributed by atoms with van der Waals surface area (Å²) in [6.07, 6.45) is 1.35. The van der Waals surface area contributed by atoms with Crippen LogP contribution in [0.1, 0.15) is 28.5 Å². The van der Waals surface area contributed by atoms with Gasteiger partial charge in [-0.2, -0.15) is 0 Å². The SMILES string of the molecule is COCC#Cc1cnc(C(N)=O)c(-c2ccc(F)c(C3(C)N=C(N)COCC3(F)F)c2I)c1. The van der Waals surface area contributed by atoms with Gasteiger partial charge in [0.05, 0.1) is 0 Å². The average Bonchev–Trinajstić information content (AvgIpc) is 2.83. The average molecular weight is 572 g/mol. The summed E-state index contributed by atoms with van der Waals surface area (Å²) in [5, 5.41) is 0. The second-order valence-corrected chi connectivity index (χ2v) is 8.45. The Kier molecular flexibility index (Phi) is 7.30. The lowest BCUT2D eigenvalue weighted by atomic mass is 9.84. The number of nitrogens with two attached hydrogens (primary N) is 2. The van der Waals surface area contributed by atoms with Crippen molar-refractivity contribution in [2.45, 2.75) is 18.4 Å². The third-order valence-electron chi connectivity index (χ3n) is 5.05. The number of carbonyl (C=O) groups excluding carboxylic acids is 1. The zero-order valence-electron chi connectivity index (χ0n) is 17.7. The van der Waals surface area contributed by atoms with E-state index in [4.69, 9.17) is 20.9 Å². The van der Waals surface area contributed by atoms with Gasteiger partial charge in [0, 0.05) is 33.6 Å². The van der Waals surface area contributed by atoms with Crippen molar-refractivity contribution in [3.8, 4) is 23.0 Å². The number of aliphatic imine (C=N–C) groups is 1. The molecule has 33 heavy (non-hydrogen) atoms. The highest BCUT2D eigenvalue weighted by atomic mass is 127. The molecule has 1 atom stereocenters. The molecule has 1 unspecified atom stereocenters. The molecule has 1 aliphatic rings. The molecule has 0 radical (unpaired) electrons. The molecule has 0 saturated heterocycles. The first-order valence-corrected chi connectivity index (χ1v) is 10.7. The van der Waals surface area contributed by atoms with E-state index in [1.54, 1.807) is 22.6 Å². The van der Waals surface area contributed by atoms with Gasteiger partial charge in [-0.25, -0.2) is 18.2 Å². The lowest BCUT2D eigenvalue weighted by molar-refractivity contribution is -0.116. The number of primary amides is 1. The lowest BCUT2D eigenvalue weighted by Crippen LogP contribution is -2.45. The summed E-state index contributed by atoms with van der Waals surface area (Å²) >= 11 is 1.75. The normalized spacial score (nSPS) is 19.8. The molecule has 0 spiro atoms. The Bertz CT molecular complexity index is 1190. The number of ether oxygens (including phenoxy) is 2. The highest BCUT2D eigenvalue weighted by Crippen LogP contribution is 2.47. The first kappa shape index (κ1) is 24.9. The largest absolute Gasteiger partial charge is 0.385 e. The van der Waals surface area contributed by atoms with Crippen LogP contribution in [0.2, 0.25) is 0 Å². The van der Waals surface area contributed by atoms with E-state index in [0.29, 0.717) is 5.56 Å². The molecule has 0 saturated carbocycles. The predicted octanol–water partition coefficient (Wildman–Crippen LogP) is 2.83. The van der Waals surface area contributed by atoms with Gasteiger partial charge in [-0.05, 0) is 47.2 Å². The van der Waals surface area contributed by atoms with Crippen molar-refractivity contribution in [1.29, 1.82) is 0 Å². The van der Waals surface area contributed by atoms with Crippen molar-refractivity contribution in [2.75, 3.05) is 26.9 Å². The van der Waals surface area contributed by atoms with Crippen LogP contribution < -0.4 is 11.5 Å². The van der Waals surface area contributed by atoms with Gasteiger partial charge in [0.25, 0.3) is 11.8 Å². The van der Waals surface area contributed by atoms with Crippen LogP contribution in [-0.4, -0.2) is 49.6 Å². The van der Waals surface area contributed by atoms with Crippen LogP contribution in [0.4, 0.5) is 13.2 Å². The van der Waals surface area contributed by atoms with Crippen LogP contribution in [0.15, 0.2) is 29.4 Å². The van der Waals surface area contributed by atoms with Crippen LogP contribution in [0.5, 0.6) is 0 Å². The van der Waals surface area contributed by atoms with Gasteiger partial charge < -0.3 is 20.9 Å². The molecule has 4 N–H and O–H groups in total. The smallest absolute Gasteiger partial charge is 0.299 e. The second kappa shape index (κ2) is 9.66. The Morgan fingerprint density at radius 2 is 2.09 bits per heavy atom. The zero-order chi connectivity index (χ0) is 24.4. The molecule has 0 bridgehead atoms. The van der Waals surface area contributed by atoms with Crippen molar-refractivity contribution in [2.24, 2.45) is 16.5 Å². The molecule has 2 aromatic rings. The predicted molar refractivity (Wildman–Crippen MR) is 124 cm³/mol. The molecule has 174 valence electrons. The number of amides is 1. The maximum absolute atomic E-state index is 15.1. The molecule has 1 aliphatic heterocycles. The molecule has 7 nitrogen and oxygen atoms in total. The van der Waals surface area contributed by atoms with E-state index in [1.165, 1.54) is 25.4 Å². The third-order valence-corrected chi connectivity index (χ3v) is 6.17. The Balaban J connectivity index is 2.29. The van der Waals surface area contributed by atoms with Gasteiger partial charge in [0.1, 0.15) is 37.2 Å². The van der Waals surface area contributed by atoms with Crippen molar-refractivity contribution >= 4 is 34.3 Å². The number of pyridine rings is 1. The van der Waals surface area contributed by atoms with E-state index in [0.717, 1.165) is 13.0 Å². The molecule has 11 heteroatoms. The molecular weight excluding hydrogens is 552 g/mol. The Morgan fingerprint density at radius 3 is 2.76 bits per heavy atom. The zero-order valence-corrected chi connectivity index (χ0v) is 19.9. The van der Waals surface area contributed by atoms with E-state index in [9.17, 15) is 4.79 Å². The number of hydrogen-bond donors (Lipinski definition) is 2. The quantitative estimate of drug-likeness (QED) is 0.433. The minimum Gasteiger partial charge on any atom is -0.385 e. The molecule has 0 aliphatic carbocycles. The maximum Gasteiger partial charge on any atom is 0.299 e. The van der Waals surface area contributed by atoms with Crippen LogP contribution in [-0.2, 0) is 15.0 Å². The number of rotatable bonds is 4. The molecule has 1 aromatic heterocycles. The monoisotopic (exact) mass is 572 g/mol. The van der Waals surface area contributed by atoms with Crippen LogP contribution in [0.25, 0.3) is 11.1 Å². The van der Waals surface area contributed by atoms with E-state index >= 15 is 13.2 Å². The molecule has 2 heterocycles.